The molecule has 0 aliphatic rings. The molecule has 0 heterocycles. The molecule has 0 aliphatic carbocycles. The molecule has 0 saturated heterocycles. The maximum absolute atomic E-state index is 5.75. The van der Waals surface area contributed by atoms with Crippen LogP contribution in [0.15, 0.2) is 78.9 Å². The Morgan fingerprint density at radius 1 is 0.750 bits per heavy atom. The van der Waals surface area contributed by atoms with Crippen LogP contribution in [0.5, 0.6) is 17.2 Å². The van der Waals surface area contributed by atoms with Crippen LogP contribution in [-0.4, -0.2) is 7.11 Å². The van der Waals surface area contributed by atoms with Crippen LogP contribution in [0.1, 0.15) is 5.56 Å². The molecule has 3 rings (SSSR count). The van der Waals surface area contributed by atoms with Gasteiger partial charge in [-0.15, -0.1) is 0 Å². The SMILES string of the molecule is COc1cccc(NOc2ccc(OCc3ccccc3)cc2)c1. The molecule has 4 heteroatoms. The van der Waals surface area contributed by atoms with Gasteiger partial charge >= 0.3 is 0 Å². The zero-order chi connectivity index (χ0) is 16.6. The van der Waals surface area contributed by atoms with Gasteiger partial charge in [0.2, 0.25) is 0 Å². The highest BCUT2D eigenvalue weighted by Gasteiger charge is 1.99. The molecule has 0 amide bonds. The van der Waals surface area contributed by atoms with E-state index in [-0.39, 0.29) is 0 Å². The molecule has 0 aromatic heterocycles. The molecule has 24 heavy (non-hydrogen) atoms. The number of nitrogens with one attached hydrogen (secondary N) is 1. The van der Waals surface area contributed by atoms with Crippen LogP contribution >= 0.6 is 0 Å². The average Bonchev–Trinajstić information content (AvgIpc) is 2.66. The van der Waals surface area contributed by atoms with Gasteiger partial charge < -0.3 is 14.3 Å². The Morgan fingerprint density at radius 2 is 1.50 bits per heavy atom. The third-order valence-electron chi connectivity index (χ3n) is 3.43. The predicted octanol–water partition coefficient (Wildman–Crippen LogP) is 4.68. The lowest BCUT2D eigenvalue weighted by atomic mass is 10.2. The van der Waals surface area contributed by atoms with Gasteiger partial charge in [0.15, 0.2) is 5.75 Å². The molecule has 0 fully saturated rings. The van der Waals surface area contributed by atoms with Gasteiger partial charge in [0.25, 0.3) is 0 Å². The monoisotopic (exact) mass is 321 g/mol. The Labute approximate surface area is 141 Å². The first kappa shape index (κ1) is 15.7. The van der Waals surface area contributed by atoms with E-state index in [0.29, 0.717) is 12.4 Å². The van der Waals surface area contributed by atoms with Crippen LogP contribution in [0.4, 0.5) is 5.69 Å². The summed E-state index contributed by atoms with van der Waals surface area (Å²) < 4.78 is 10.9. The third kappa shape index (κ3) is 4.43. The second-order valence-corrected chi connectivity index (χ2v) is 5.18. The lowest BCUT2D eigenvalue weighted by Gasteiger charge is -2.10. The Kier molecular flexibility index (Phi) is 5.20. The Balaban J connectivity index is 1.52. The molecular weight excluding hydrogens is 302 g/mol. The van der Waals surface area contributed by atoms with Crippen molar-refractivity contribution < 1.29 is 14.3 Å². The zero-order valence-electron chi connectivity index (χ0n) is 13.4. The summed E-state index contributed by atoms with van der Waals surface area (Å²) >= 11 is 0. The topological polar surface area (TPSA) is 39.7 Å². The summed E-state index contributed by atoms with van der Waals surface area (Å²) in [5, 5.41) is 0. The van der Waals surface area contributed by atoms with Gasteiger partial charge in [-0.2, -0.15) is 0 Å². The normalized spacial score (nSPS) is 10.0. The Bertz CT molecular complexity index is 757. The minimum Gasteiger partial charge on any atom is -0.497 e. The van der Waals surface area contributed by atoms with Crippen LogP contribution in [-0.2, 0) is 6.61 Å². The van der Waals surface area contributed by atoms with Gasteiger partial charge in [0, 0.05) is 6.07 Å². The molecule has 3 aromatic carbocycles. The molecule has 3 aromatic rings. The van der Waals surface area contributed by atoms with Crippen LogP contribution in [0, 0.1) is 0 Å². The van der Waals surface area contributed by atoms with E-state index in [4.69, 9.17) is 14.3 Å². The predicted molar refractivity (Wildman–Crippen MR) is 94.5 cm³/mol. The van der Waals surface area contributed by atoms with Gasteiger partial charge in [-0.3, -0.25) is 0 Å². The number of ether oxygens (including phenoxy) is 2. The molecule has 0 bridgehead atoms. The van der Waals surface area contributed by atoms with Crippen molar-refractivity contribution in [3.63, 3.8) is 0 Å². The maximum atomic E-state index is 5.75. The van der Waals surface area contributed by atoms with Crippen molar-refractivity contribution in [1.29, 1.82) is 0 Å². The van der Waals surface area contributed by atoms with Crippen molar-refractivity contribution in [1.82, 2.24) is 0 Å². The van der Waals surface area contributed by atoms with Crippen molar-refractivity contribution in [2.24, 2.45) is 0 Å². The highest BCUT2D eigenvalue weighted by Crippen LogP contribution is 2.21. The van der Waals surface area contributed by atoms with Crippen molar-refractivity contribution in [2.45, 2.75) is 6.61 Å². The van der Waals surface area contributed by atoms with Crippen molar-refractivity contribution in [3.8, 4) is 17.2 Å². The Hall–Kier alpha value is -3.14. The van der Waals surface area contributed by atoms with Gasteiger partial charge in [0.1, 0.15) is 18.1 Å². The molecule has 0 radical (unpaired) electrons. The maximum Gasteiger partial charge on any atom is 0.155 e. The largest absolute Gasteiger partial charge is 0.497 e. The number of hydrogen-bond acceptors (Lipinski definition) is 4. The van der Waals surface area contributed by atoms with Gasteiger partial charge in [0.05, 0.1) is 12.8 Å². The number of methoxy groups -OCH3 is 1. The first-order valence-corrected chi connectivity index (χ1v) is 7.67. The standard InChI is InChI=1S/C20H19NO3/c1-22-20-9-5-8-17(14-20)21-24-19-12-10-18(11-13-19)23-15-16-6-3-2-4-7-16/h2-14,21H,15H2,1H3. The van der Waals surface area contributed by atoms with Gasteiger partial charge in [-0.1, -0.05) is 36.4 Å². The minimum absolute atomic E-state index is 0.545. The molecule has 0 atom stereocenters. The van der Waals surface area contributed by atoms with Gasteiger partial charge in [-0.25, -0.2) is 5.48 Å². The molecule has 4 nitrogen and oxygen atoms in total. The summed E-state index contributed by atoms with van der Waals surface area (Å²) in [6.45, 7) is 0.545. The lowest BCUT2D eigenvalue weighted by molar-refractivity contribution is 0.305. The fraction of sp³-hybridized carbons (Fsp3) is 0.100. The van der Waals surface area contributed by atoms with Crippen molar-refractivity contribution in [3.05, 3.63) is 84.4 Å². The Morgan fingerprint density at radius 3 is 2.25 bits per heavy atom. The smallest absolute Gasteiger partial charge is 0.155 e. The molecule has 0 unspecified atom stereocenters. The molecule has 0 spiro atoms. The van der Waals surface area contributed by atoms with Crippen LogP contribution < -0.4 is 19.8 Å². The van der Waals surface area contributed by atoms with Gasteiger partial charge in [-0.05, 0) is 42.0 Å². The lowest BCUT2D eigenvalue weighted by Crippen LogP contribution is -2.04. The van der Waals surface area contributed by atoms with Crippen molar-refractivity contribution >= 4 is 5.69 Å². The average molecular weight is 321 g/mol. The quantitative estimate of drug-likeness (QED) is 0.641. The van der Waals surface area contributed by atoms with Crippen LogP contribution in [0.3, 0.4) is 0 Å². The number of rotatable bonds is 7. The van der Waals surface area contributed by atoms with Crippen LogP contribution in [0.2, 0.25) is 0 Å². The molecule has 122 valence electrons. The van der Waals surface area contributed by atoms with E-state index in [1.165, 1.54) is 0 Å². The summed E-state index contributed by atoms with van der Waals surface area (Å²) in [6, 6.07) is 25.1. The summed E-state index contributed by atoms with van der Waals surface area (Å²) in [6.07, 6.45) is 0. The highest BCUT2D eigenvalue weighted by molar-refractivity contribution is 5.47. The molecular formula is C20H19NO3. The highest BCUT2D eigenvalue weighted by atomic mass is 16.6. The van der Waals surface area contributed by atoms with E-state index < -0.39 is 0 Å². The molecule has 1 N–H and O–H groups in total. The van der Waals surface area contributed by atoms with Crippen molar-refractivity contribution in [2.75, 3.05) is 12.6 Å². The summed E-state index contributed by atoms with van der Waals surface area (Å²) in [5.41, 5.74) is 4.85. The summed E-state index contributed by atoms with van der Waals surface area (Å²) in [4.78, 5) is 5.55. The van der Waals surface area contributed by atoms with E-state index in [2.05, 4.69) is 5.48 Å². The summed E-state index contributed by atoms with van der Waals surface area (Å²) in [7, 11) is 1.63. The fourth-order valence-electron chi connectivity index (χ4n) is 2.15. The van der Waals surface area contributed by atoms with E-state index in [1.54, 1.807) is 7.11 Å². The number of anilines is 1. The summed E-state index contributed by atoms with van der Waals surface area (Å²) in [5.74, 6) is 2.27. The zero-order valence-corrected chi connectivity index (χ0v) is 13.4. The minimum atomic E-state index is 0.545. The number of benzene rings is 3. The van der Waals surface area contributed by atoms with Crippen LogP contribution in [0.25, 0.3) is 0 Å². The van der Waals surface area contributed by atoms with E-state index in [1.807, 2.05) is 78.9 Å². The fourth-order valence-corrected chi connectivity index (χ4v) is 2.15. The van der Waals surface area contributed by atoms with E-state index in [0.717, 1.165) is 22.7 Å². The first-order chi connectivity index (χ1) is 11.8. The molecule has 0 saturated carbocycles. The van der Waals surface area contributed by atoms with E-state index >= 15 is 0 Å². The third-order valence-corrected chi connectivity index (χ3v) is 3.43. The first-order valence-electron chi connectivity index (χ1n) is 7.67. The molecule has 0 aliphatic heterocycles. The number of hydrogen-bond donors (Lipinski definition) is 1. The second kappa shape index (κ2) is 7.92. The van der Waals surface area contributed by atoms with E-state index in [9.17, 15) is 0 Å². The second-order valence-electron chi connectivity index (χ2n) is 5.18.